The maximum atomic E-state index is 13.4. The normalized spacial score (nSPS) is 13.4. The number of rotatable bonds is 5. The minimum Gasteiger partial charge on any atom is -0.305 e. The van der Waals surface area contributed by atoms with E-state index < -0.39 is 23.6 Å². The fraction of sp³-hybridized carbons (Fsp3) is 0.385. The number of aromatic nitrogens is 2. The first kappa shape index (κ1) is 15.8. The molecule has 0 aliphatic carbocycles. The first-order valence-corrected chi connectivity index (χ1v) is 7.04. The molecule has 0 aliphatic heterocycles. The molecule has 0 radical (unpaired) electrons. The van der Waals surface area contributed by atoms with Crippen molar-refractivity contribution >= 4 is 11.7 Å². The summed E-state index contributed by atoms with van der Waals surface area (Å²) in [5.74, 6) is -1.28. The van der Waals surface area contributed by atoms with Gasteiger partial charge in [0.05, 0.1) is 35.2 Å². The Morgan fingerprint density at radius 3 is 2.67 bits per heavy atom. The summed E-state index contributed by atoms with van der Waals surface area (Å²) in [7, 11) is 0. The highest BCUT2D eigenvalue weighted by molar-refractivity contribution is 6.99. The third-order valence-electron chi connectivity index (χ3n) is 2.90. The lowest BCUT2D eigenvalue weighted by Crippen LogP contribution is -2.24. The van der Waals surface area contributed by atoms with Crippen LogP contribution in [0, 0.1) is 5.82 Å². The van der Waals surface area contributed by atoms with Crippen molar-refractivity contribution in [1.29, 1.82) is 0 Å². The van der Waals surface area contributed by atoms with Crippen LogP contribution in [0.25, 0.3) is 0 Å². The number of benzene rings is 1. The van der Waals surface area contributed by atoms with Crippen molar-refractivity contribution in [3.8, 4) is 0 Å². The average molecular weight is 319 g/mol. The summed E-state index contributed by atoms with van der Waals surface area (Å²) in [4.78, 5) is 0. The van der Waals surface area contributed by atoms with Crippen LogP contribution in [-0.4, -0.2) is 15.3 Å². The number of hydrogen-bond donors (Lipinski definition) is 1. The van der Waals surface area contributed by atoms with Crippen LogP contribution in [-0.2, 0) is 6.18 Å². The molecule has 1 aromatic carbocycles. The molecule has 8 heteroatoms. The molecule has 1 aromatic heterocycles. The van der Waals surface area contributed by atoms with E-state index in [1.54, 1.807) is 0 Å². The first-order valence-electron chi connectivity index (χ1n) is 6.31. The lowest BCUT2D eigenvalue weighted by Gasteiger charge is -2.18. The molecule has 0 aliphatic rings. The summed E-state index contributed by atoms with van der Waals surface area (Å²) in [5, 5.41) is 3.10. The van der Waals surface area contributed by atoms with E-state index in [2.05, 4.69) is 14.1 Å². The number of nitrogens with one attached hydrogen (secondary N) is 1. The Balaban J connectivity index is 2.41. The lowest BCUT2D eigenvalue weighted by atomic mass is 10.0. The summed E-state index contributed by atoms with van der Waals surface area (Å²) < 4.78 is 59.7. The summed E-state index contributed by atoms with van der Waals surface area (Å²) in [6.07, 6.45) is -2.42. The van der Waals surface area contributed by atoms with Crippen LogP contribution in [0.15, 0.2) is 24.4 Å². The van der Waals surface area contributed by atoms with Crippen molar-refractivity contribution in [1.82, 2.24) is 14.1 Å². The highest BCUT2D eigenvalue weighted by Gasteiger charge is 2.35. The van der Waals surface area contributed by atoms with E-state index in [9.17, 15) is 17.6 Å². The Labute approximate surface area is 123 Å². The van der Waals surface area contributed by atoms with Gasteiger partial charge < -0.3 is 5.32 Å². The van der Waals surface area contributed by atoms with Gasteiger partial charge in [-0.25, -0.2) is 4.39 Å². The Hall–Kier alpha value is -1.54. The van der Waals surface area contributed by atoms with Crippen LogP contribution in [0.2, 0.25) is 0 Å². The van der Waals surface area contributed by atoms with Gasteiger partial charge in [-0.05, 0) is 30.7 Å². The van der Waals surface area contributed by atoms with Gasteiger partial charge in [-0.3, -0.25) is 0 Å². The van der Waals surface area contributed by atoms with Crippen molar-refractivity contribution in [2.45, 2.75) is 25.6 Å². The van der Waals surface area contributed by atoms with E-state index in [1.165, 1.54) is 12.3 Å². The van der Waals surface area contributed by atoms with Crippen molar-refractivity contribution in [2.24, 2.45) is 0 Å². The van der Waals surface area contributed by atoms with Gasteiger partial charge in [-0.2, -0.15) is 21.9 Å². The molecule has 1 heterocycles. The highest BCUT2D eigenvalue weighted by Crippen LogP contribution is 2.34. The van der Waals surface area contributed by atoms with Crippen molar-refractivity contribution in [3.05, 3.63) is 47.0 Å². The quantitative estimate of drug-likeness (QED) is 0.852. The molecule has 2 rings (SSSR count). The minimum absolute atomic E-state index is 0.310. The minimum atomic E-state index is -4.73. The van der Waals surface area contributed by atoms with Crippen LogP contribution in [0.1, 0.15) is 36.2 Å². The van der Waals surface area contributed by atoms with Crippen LogP contribution in [0.3, 0.4) is 0 Å². The van der Waals surface area contributed by atoms with Crippen LogP contribution in [0.4, 0.5) is 17.6 Å². The molecule has 0 bridgehead atoms. The smallest absolute Gasteiger partial charge is 0.305 e. The zero-order valence-corrected chi connectivity index (χ0v) is 11.9. The molecule has 0 fully saturated rings. The van der Waals surface area contributed by atoms with E-state index in [0.717, 1.165) is 30.3 Å². The first-order chi connectivity index (χ1) is 9.93. The fourth-order valence-electron chi connectivity index (χ4n) is 1.92. The molecule has 1 unspecified atom stereocenters. The molecule has 1 N–H and O–H groups in total. The molecular weight excluding hydrogens is 306 g/mol. The van der Waals surface area contributed by atoms with Gasteiger partial charge in [0.15, 0.2) is 0 Å². The summed E-state index contributed by atoms with van der Waals surface area (Å²) in [6, 6.07) is 2.45. The molecule has 2 aromatic rings. The number of hydrogen-bond acceptors (Lipinski definition) is 4. The maximum Gasteiger partial charge on any atom is 0.419 e. The SMILES string of the molecule is CCCNC(c1ccc(F)c(C(F)(F)F)c1)c1cnsn1. The van der Waals surface area contributed by atoms with Crippen molar-refractivity contribution < 1.29 is 17.6 Å². The molecule has 0 saturated heterocycles. The van der Waals surface area contributed by atoms with Gasteiger partial charge in [0.1, 0.15) is 5.82 Å². The summed E-state index contributed by atoms with van der Waals surface area (Å²) in [6.45, 7) is 2.54. The van der Waals surface area contributed by atoms with Gasteiger partial charge in [-0.15, -0.1) is 0 Å². The predicted molar refractivity (Wildman–Crippen MR) is 71.4 cm³/mol. The maximum absolute atomic E-state index is 13.4. The molecule has 0 spiro atoms. The van der Waals surface area contributed by atoms with Gasteiger partial charge in [-0.1, -0.05) is 13.0 Å². The van der Waals surface area contributed by atoms with Gasteiger partial charge in [0.25, 0.3) is 0 Å². The van der Waals surface area contributed by atoms with E-state index in [4.69, 9.17) is 0 Å². The van der Waals surface area contributed by atoms with Gasteiger partial charge in [0.2, 0.25) is 0 Å². The molecule has 114 valence electrons. The predicted octanol–water partition coefficient (Wildman–Crippen LogP) is 3.79. The molecular formula is C13H13F4N3S. The highest BCUT2D eigenvalue weighted by atomic mass is 32.1. The Morgan fingerprint density at radius 2 is 2.10 bits per heavy atom. The number of nitrogens with zero attached hydrogens (tertiary/aromatic N) is 2. The van der Waals surface area contributed by atoms with Gasteiger partial charge >= 0.3 is 6.18 Å². The molecule has 0 amide bonds. The van der Waals surface area contributed by atoms with E-state index in [0.29, 0.717) is 17.8 Å². The van der Waals surface area contributed by atoms with Crippen molar-refractivity contribution in [2.75, 3.05) is 6.54 Å². The second-order valence-corrected chi connectivity index (χ2v) is 5.01. The lowest BCUT2D eigenvalue weighted by molar-refractivity contribution is -0.140. The summed E-state index contributed by atoms with van der Waals surface area (Å²) in [5.41, 5.74) is -0.440. The monoisotopic (exact) mass is 319 g/mol. The zero-order chi connectivity index (χ0) is 15.5. The topological polar surface area (TPSA) is 37.8 Å². The van der Waals surface area contributed by atoms with Crippen LogP contribution >= 0.6 is 11.7 Å². The second kappa shape index (κ2) is 6.48. The van der Waals surface area contributed by atoms with Crippen LogP contribution < -0.4 is 5.32 Å². The molecule has 0 saturated carbocycles. The third-order valence-corrected chi connectivity index (χ3v) is 3.39. The average Bonchev–Trinajstić information content (AvgIpc) is 2.93. The Bertz CT molecular complexity index is 584. The second-order valence-electron chi connectivity index (χ2n) is 4.46. The zero-order valence-electron chi connectivity index (χ0n) is 11.1. The molecule has 3 nitrogen and oxygen atoms in total. The standard InChI is InChI=1S/C13H13F4N3S/c1-2-5-18-12(11-7-19-21-20-11)8-3-4-10(14)9(6-8)13(15,16)17/h3-4,6-7,12,18H,2,5H2,1H3. The van der Waals surface area contributed by atoms with E-state index in [1.807, 2.05) is 6.92 Å². The summed E-state index contributed by atoms with van der Waals surface area (Å²) >= 11 is 0.973. The van der Waals surface area contributed by atoms with Crippen molar-refractivity contribution in [3.63, 3.8) is 0 Å². The number of alkyl halides is 3. The van der Waals surface area contributed by atoms with E-state index in [-0.39, 0.29) is 0 Å². The third kappa shape index (κ3) is 3.76. The molecule has 1 atom stereocenters. The Morgan fingerprint density at radius 1 is 1.33 bits per heavy atom. The fourth-order valence-corrected chi connectivity index (χ4v) is 2.37. The largest absolute Gasteiger partial charge is 0.419 e. The van der Waals surface area contributed by atoms with Crippen LogP contribution in [0.5, 0.6) is 0 Å². The van der Waals surface area contributed by atoms with E-state index >= 15 is 0 Å². The van der Waals surface area contributed by atoms with Gasteiger partial charge in [0, 0.05) is 0 Å². The number of halogens is 4. The molecule has 21 heavy (non-hydrogen) atoms. The Kier molecular flexibility index (Phi) is 4.89.